The molecule has 6 rings (SSSR count). The minimum atomic E-state index is -4.52. The Labute approximate surface area is 277 Å². The van der Waals surface area contributed by atoms with Crippen LogP contribution in [0.4, 0.5) is 23.9 Å². The minimum absolute atomic E-state index is 0.0254. The number of rotatable bonds is 8. The summed E-state index contributed by atoms with van der Waals surface area (Å²) in [6, 6.07) is 26.1. The summed E-state index contributed by atoms with van der Waals surface area (Å²) in [4.78, 5) is 23.7. The molecule has 8 nitrogen and oxygen atoms in total. The first kappa shape index (κ1) is 32.6. The predicted molar refractivity (Wildman–Crippen MR) is 177 cm³/mol. The van der Waals surface area contributed by atoms with Crippen molar-refractivity contribution in [1.29, 1.82) is 0 Å². The molecule has 1 unspecified atom stereocenters. The van der Waals surface area contributed by atoms with E-state index in [9.17, 15) is 18.0 Å². The number of ether oxygens (including phenoxy) is 1. The molecule has 1 aliphatic rings. The Hall–Kier alpha value is -5.32. The summed E-state index contributed by atoms with van der Waals surface area (Å²) in [5, 5.41) is 12.5. The lowest BCUT2D eigenvalue weighted by molar-refractivity contribution is -0.137. The van der Waals surface area contributed by atoms with Crippen molar-refractivity contribution in [3.63, 3.8) is 0 Å². The third-order valence-corrected chi connectivity index (χ3v) is 8.62. The third-order valence-electron chi connectivity index (χ3n) is 8.62. The van der Waals surface area contributed by atoms with E-state index in [1.165, 1.54) is 6.07 Å². The lowest BCUT2D eigenvalue weighted by Gasteiger charge is -2.31. The number of hydrogen-bond donors (Lipinski definition) is 1. The smallest absolute Gasteiger partial charge is 0.416 e. The van der Waals surface area contributed by atoms with Gasteiger partial charge in [0.05, 0.1) is 23.0 Å². The fourth-order valence-corrected chi connectivity index (χ4v) is 6.01. The first-order valence-electron chi connectivity index (χ1n) is 15.8. The van der Waals surface area contributed by atoms with Gasteiger partial charge >= 0.3 is 12.3 Å². The summed E-state index contributed by atoms with van der Waals surface area (Å²) < 4.78 is 46.7. The first-order chi connectivity index (χ1) is 23.2. The number of nitrogens with one attached hydrogen (secondary N) is 1. The van der Waals surface area contributed by atoms with Gasteiger partial charge in [0.2, 0.25) is 5.95 Å². The van der Waals surface area contributed by atoms with Gasteiger partial charge in [0.15, 0.2) is 0 Å². The van der Waals surface area contributed by atoms with Crippen LogP contribution in [0.3, 0.4) is 0 Å². The van der Waals surface area contributed by atoms with Crippen LogP contribution < -0.4 is 5.32 Å². The van der Waals surface area contributed by atoms with Crippen molar-refractivity contribution < 1.29 is 22.7 Å². The Bertz CT molecular complexity index is 1860. The zero-order valence-electron chi connectivity index (χ0n) is 26.6. The van der Waals surface area contributed by atoms with Gasteiger partial charge in [-0.1, -0.05) is 72.8 Å². The van der Waals surface area contributed by atoms with Crippen LogP contribution in [0.5, 0.6) is 0 Å². The molecular formula is C37H35F3N6O2. The average molecular weight is 653 g/mol. The normalized spacial score (nSPS) is 14.4. The van der Waals surface area contributed by atoms with E-state index in [1.807, 2.05) is 74.5 Å². The highest BCUT2D eigenvalue weighted by molar-refractivity contribution is 5.82. The predicted octanol–water partition coefficient (Wildman–Crippen LogP) is 8.62. The summed E-state index contributed by atoms with van der Waals surface area (Å²) >= 11 is 0. The number of benzene rings is 3. The van der Waals surface area contributed by atoms with E-state index in [0.717, 1.165) is 34.5 Å². The van der Waals surface area contributed by atoms with Crippen molar-refractivity contribution >= 4 is 12.0 Å². The quantitative estimate of drug-likeness (QED) is 0.179. The van der Waals surface area contributed by atoms with Crippen LogP contribution in [-0.2, 0) is 17.5 Å². The highest BCUT2D eigenvalue weighted by Gasteiger charge is 2.32. The Balaban J connectivity index is 1.29. The van der Waals surface area contributed by atoms with Gasteiger partial charge in [0.1, 0.15) is 12.3 Å². The van der Waals surface area contributed by atoms with Crippen LogP contribution >= 0.6 is 0 Å². The molecule has 1 amide bonds. The number of likely N-dealkylation sites (tertiary alicyclic amines) is 1. The standard InChI is InChI=1S/C37H35F3N6O2/c1-24-32(31-16-19-41-35(43-31)42-25(2)27-12-7-4-8-13-27)34(29-14-9-15-30(22-29)37(38,39)40)45-44-33(24)28-17-20-46(21-18-28)36(47)48-23-26-10-5-3-6-11-26/h3-16,19,22,25,28H,17-18,20-21,23H2,1-2H3,(H,41,42,43). The maximum Gasteiger partial charge on any atom is 0.416 e. The largest absolute Gasteiger partial charge is 0.445 e. The molecule has 11 heteroatoms. The molecule has 0 bridgehead atoms. The van der Waals surface area contributed by atoms with Gasteiger partial charge in [-0.15, -0.1) is 5.10 Å². The lowest BCUT2D eigenvalue weighted by Crippen LogP contribution is -2.38. The molecule has 0 aliphatic carbocycles. The van der Waals surface area contributed by atoms with E-state index in [0.29, 0.717) is 48.8 Å². The maximum absolute atomic E-state index is 13.7. The van der Waals surface area contributed by atoms with Crippen LogP contribution in [0, 0.1) is 6.92 Å². The van der Waals surface area contributed by atoms with Crippen LogP contribution in [-0.4, -0.2) is 44.2 Å². The second kappa shape index (κ2) is 14.2. The Kier molecular flexibility index (Phi) is 9.65. The number of alkyl halides is 3. The molecular weight excluding hydrogens is 617 g/mol. The molecule has 1 fully saturated rings. The van der Waals surface area contributed by atoms with Crippen molar-refractivity contribution in [3.05, 3.63) is 125 Å². The van der Waals surface area contributed by atoms with Crippen molar-refractivity contribution in [2.24, 2.45) is 0 Å². The summed E-state index contributed by atoms with van der Waals surface area (Å²) in [5.41, 5.74) is 4.36. The Morgan fingerprint density at radius 3 is 2.38 bits per heavy atom. The molecule has 5 aromatic rings. The number of carbonyl (C=O) groups is 1. The number of amides is 1. The number of carbonyl (C=O) groups excluding carboxylic acids is 1. The van der Waals surface area contributed by atoms with Gasteiger partial charge in [-0.2, -0.15) is 18.3 Å². The number of aromatic nitrogens is 4. The summed E-state index contributed by atoms with van der Waals surface area (Å²) in [5.74, 6) is 0.349. The molecule has 246 valence electrons. The highest BCUT2D eigenvalue weighted by Crippen LogP contribution is 2.39. The van der Waals surface area contributed by atoms with Crippen molar-refractivity contribution in [2.45, 2.75) is 51.4 Å². The molecule has 3 heterocycles. The monoisotopic (exact) mass is 652 g/mol. The number of hydrogen-bond acceptors (Lipinski definition) is 7. The molecule has 0 spiro atoms. The van der Waals surface area contributed by atoms with Crippen molar-refractivity contribution in [3.8, 4) is 22.5 Å². The molecule has 1 atom stereocenters. The summed E-state index contributed by atoms with van der Waals surface area (Å²) in [6.45, 7) is 5.05. The molecule has 1 saturated heterocycles. The third kappa shape index (κ3) is 7.46. The van der Waals surface area contributed by atoms with Gasteiger partial charge in [-0.25, -0.2) is 14.8 Å². The number of piperidine rings is 1. The Morgan fingerprint density at radius 2 is 1.67 bits per heavy atom. The molecule has 2 aromatic heterocycles. The van der Waals surface area contributed by atoms with Crippen LogP contribution in [0.2, 0.25) is 0 Å². The van der Waals surface area contributed by atoms with E-state index >= 15 is 0 Å². The molecule has 0 radical (unpaired) electrons. The Morgan fingerprint density at radius 1 is 0.958 bits per heavy atom. The van der Waals surface area contributed by atoms with E-state index < -0.39 is 11.7 Å². The average Bonchev–Trinajstić information content (AvgIpc) is 3.11. The van der Waals surface area contributed by atoms with E-state index in [2.05, 4.69) is 20.5 Å². The topological polar surface area (TPSA) is 93.1 Å². The van der Waals surface area contributed by atoms with Gasteiger partial charge < -0.3 is 15.0 Å². The first-order valence-corrected chi connectivity index (χ1v) is 15.8. The van der Waals surface area contributed by atoms with E-state index in [1.54, 1.807) is 23.2 Å². The zero-order chi connectivity index (χ0) is 33.7. The number of anilines is 1. The van der Waals surface area contributed by atoms with Crippen molar-refractivity contribution in [1.82, 2.24) is 25.1 Å². The minimum Gasteiger partial charge on any atom is -0.445 e. The van der Waals surface area contributed by atoms with Gasteiger partial charge in [-0.05, 0) is 61.6 Å². The summed E-state index contributed by atoms with van der Waals surface area (Å²) in [6.07, 6.45) is -2.01. The maximum atomic E-state index is 13.7. The SMILES string of the molecule is Cc1c(C2CCN(C(=O)OCc3ccccc3)CC2)nnc(-c2cccc(C(F)(F)F)c2)c1-c1ccnc(NC(C)c2ccccc2)n1. The van der Waals surface area contributed by atoms with Crippen LogP contribution in [0.15, 0.2) is 97.2 Å². The van der Waals surface area contributed by atoms with Gasteiger partial charge in [0.25, 0.3) is 0 Å². The molecule has 1 aliphatic heterocycles. The second-order valence-electron chi connectivity index (χ2n) is 11.9. The number of nitrogens with zero attached hydrogens (tertiary/aromatic N) is 5. The molecule has 0 saturated carbocycles. The second-order valence-corrected chi connectivity index (χ2v) is 11.9. The van der Waals surface area contributed by atoms with Crippen LogP contribution in [0.25, 0.3) is 22.5 Å². The van der Waals surface area contributed by atoms with Crippen molar-refractivity contribution in [2.75, 3.05) is 18.4 Å². The number of halogens is 3. The van der Waals surface area contributed by atoms with Gasteiger partial charge in [0, 0.05) is 36.3 Å². The zero-order valence-corrected chi connectivity index (χ0v) is 26.6. The summed E-state index contributed by atoms with van der Waals surface area (Å²) in [7, 11) is 0. The molecule has 1 N–H and O–H groups in total. The highest BCUT2D eigenvalue weighted by atomic mass is 19.4. The van der Waals surface area contributed by atoms with Crippen LogP contribution in [0.1, 0.15) is 59.7 Å². The fraction of sp³-hybridized carbons (Fsp3) is 0.270. The molecule has 48 heavy (non-hydrogen) atoms. The fourth-order valence-electron chi connectivity index (χ4n) is 6.01. The van der Waals surface area contributed by atoms with E-state index in [-0.39, 0.29) is 30.2 Å². The van der Waals surface area contributed by atoms with Gasteiger partial charge in [-0.3, -0.25) is 0 Å². The molecule has 3 aromatic carbocycles. The van der Waals surface area contributed by atoms with E-state index in [4.69, 9.17) is 9.72 Å². The lowest BCUT2D eigenvalue weighted by atomic mass is 9.88.